The van der Waals surface area contributed by atoms with Gasteiger partial charge in [0.25, 0.3) is 5.91 Å². The van der Waals surface area contributed by atoms with Crippen LogP contribution in [0.25, 0.3) is 0 Å². The lowest BCUT2D eigenvalue weighted by molar-refractivity contribution is -0.242. The van der Waals surface area contributed by atoms with E-state index in [1.807, 2.05) is 5.32 Å². The fourth-order valence-corrected chi connectivity index (χ4v) is 4.00. The van der Waals surface area contributed by atoms with Crippen molar-refractivity contribution in [2.75, 3.05) is 5.32 Å². The van der Waals surface area contributed by atoms with Gasteiger partial charge in [0.2, 0.25) is 11.4 Å². The summed E-state index contributed by atoms with van der Waals surface area (Å²) in [6, 6.07) is 10.5. The van der Waals surface area contributed by atoms with Crippen LogP contribution in [0.5, 0.6) is 0 Å². The maximum atomic E-state index is 13.0. The first kappa shape index (κ1) is 19.4. The summed E-state index contributed by atoms with van der Waals surface area (Å²) in [5, 5.41) is 11.5. The van der Waals surface area contributed by atoms with Gasteiger partial charge >= 0.3 is 6.18 Å². The number of anilines is 1. The molecule has 5 nitrogen and oxygen atoms in total. The van der Waals surface area contributed by atoms with Crippen molar-refractivity contribution >= 4 is 28.6 Å². The molecule has 3 rings (SSSR count). The van der Waals surface area contributed by atoms with Crippen molar-refractivity contribution in [2.24, 2.45) is 0 Å². The van der Waals surface area contributed by atoms with Gasteiger partial charge in [-0.3, -0.25) is 9.59 Å². The standard InChI is InChI=1S/C18H14F3NO4S/c1-17(25,18(19,20)21)16(24)22-12-7-4-8-13-14(12)15(23)11-6-3-2-5-10(11)9-27(13)26/h2-8,25H,9H2,1H3,(H,22,24). The molecule has 2 aromatic carbocycles. The Morgan fingerprint density at radius 1 is 1.19 bits per heavy atom. The summed E-state index contributed by atoms with van der Waals surface area (Å²) in [5.74, 6) is -2.24. The quantitative estimate of drug-likeness (QED) is 0.763. The van der Waals surface area contributed by atoms with Gasteiger partial charge in [-0.25, -0.2) is 0 Å². The predicted molar refractivity (Wildman–Crippen MR) is 91.7 cm³/mol. The molecule has 1 amide bonds. The third-order valence-corrected chi connectivity index (χ3v) is 5.69. The Bertz CT molecular complexity index is 927. The van der Waals surface area contributed by atoms with Gasteiger partial charge < -0.3 is 15.0 Å². The first-order chi connectivity index (χ1) is 12.5. The van der Waals surface area contributed by atoms with Gasteiger partial charge in [0.05, 0.1) is 5.69 Å². The smallest absolute Gasteiger partial charge is 0.426 e. The molecule has 1 aliphatic rings. The molecule has 0 fully saturated rings. The molecule has 2 atom stereocenters. The van der Waals surface area contributed by atoms with Crippen LogP contribution >= 0.6 is 0 Å². The highest BCUT2D eigenvalue weighted by atomic mass is 32.2. The highest BCUT2D eigenvalue weighted by Gasteiger charge is 2.56. The van der Waals surface area contributed by atoms with Crippen LogP contribution in [0.2, 0.25) is 0 Å². The Morgan fingerprint density at radius 3 is 2.52 bits per heavy atom. The van der Waals surface area contributed by atoms with Crippen molar-refractivity contribution in [1.82, 2.24) is 0 Å². The monoisotopic (exact) mass is 397 g/mol. The zero-order valence-corrected chi connectivity index (χ0v) is 14.8. The molecule has 9 heteroatoms. The van der Waals surface area contributed by atoms with E-state index in [1.165, 1.54) is 24.3 Å². The molecule has 0 aliphatic carbocycles. The third-order valence-electron chi connectivity index (χ3n) is 4.29. The topological polar surface area (TPSA) is 89.5 Å². The number of nitrogens with one attached hydrogen (secondary N) is 1. The summed E-state index contributed by atoms with van der Waals surface area (Å²) in [7, 11) is 0. The minimum atomic E-state index is -5.21. The number of carbonyl (C=O) groups is 2. The molecular formula is C18H14F3NO4S. The second-order valence-electron chi connectivity index (χ2n) is 6.18. The molecule has 0 saturated heterocycles. The number of halogens is 3. The van der Waals surface area contributed by atoms with E-state index in [0.29, 0.717) is 12.5 Å². The fraction of sp³-hybridized carbons (Fsp3) is 0.222. The number of hydrogen-bond acceptors (Lipinski definition) is 4. The first-order valence-electron chi connectivity index (χ1n) is 7.78. The molecule has 27 heavy (non-hydrogen) atoms. The van der Waals surface area contributed by atoms with Gasteiger partial charge in [-0.2, -0.15) is 13.2 Å². The van der Waals surface area contributed by atoms with Crippen LogP contribution in [0.4, 0.5) is 18.9 Å². The van der Waals surface area contributed by atoms with Crippen molar-refractivity contribution in [3.8, 4) is 0 Å². The van der Waals surface area contributed by atoms with Gasteiger partial charge in [-0.1, -0.05) is 30.3 Å². The van der Waals surface area contributed by atoms with Crippen LogP contribution in [0.1, 0.15) is 28.4 Å². The van der Waals surface area contributed by atoms with Crippen molar-refractivity contribution < 1.29 is 32.4 Å². The van der Waals surface area contributed by atoms with Gasteiger partial charge in [0.1, 0.15) is 11.3 Å². The lowest BCUT2D eigenvalue weighted by Gasteiger charge is -2.25. The van der Waals surface area contributed by atoms with Crippen molar-refractivity contribution in [3.05, 3.63) is 59.2 Å². The van der Waals surface area contributed by atoms with Crippen LogP contribution in [-0.4, -0.2) is 33.1 Å². The first-order valence-corrected chi connectivity index (χ1v) is 9.10. The van der Waals surface area contributed by atoms with Crippen LogP contribution in [-0.2, 0) is 21.7 Å². The van der Waals surface area contributed by atoms with Crippen LogP contribution in [0.3, 0.4) is 0 Å². The summed E-state index contributed by atoms with van der Waals surface area (Å²) >= 11 is -1.63. The Balaban J connectivity index is 2.09. The summed E-state index contributed by atoms with van der Waals surface area (Å²) in [5.41, 5.74) is -3.24. The normalized spacial score (nSPS) is 18.7. The maximum absolute atomic E-state index is 13.0. The zero-order chi connectivity index (χ0) is 20.0. The number of fused-ring (bicyclic) bond motifs is 2. The molecule has 142 valence electrons. The summed E-state index contributed by atoms with van der Waals surface area (Å²) in [4.78, 5) is 25.1. The van der Waals surface area contributed by atoms with E-state index < -0.39 is 34.6 Å². The molecule has 1 heterocycles. The Hall–Kier alpha value is -2.36. The van der Waals surface area contributed by atoms with E-state index >= 15 is 0 Å². The van der Waals surface area contributed by atoms with Gasteiger partial charge in [0.15, 0.2) is 4.90 Å². The Morgan fingerprint density at radius 2 is 1.85 bits per heavy atom. The van der Waals surface area contributed by atoms with Gasteiger partial charge in [-0.15, -0.1) is 0 Å². The number of alkyl halides is 3. The van der Waals surface area contributed by atoms with Crippen LogP contribution in [0, 0.1) is 0 Å². The minimum Gasteiger partial charge on any atom is -0.611 e. The summed E-state index contributed by atoms with van der Waals surface area (Å²) < 4.78 is 51.3. The van der Waals surface area contributed by atoms with Crippen LogP contribution in [0.15, 0.2) is 47.4 Å². The molecule has 1 aliphatic heterocycles. The van der Waals surface area contributed by atoms with Crippen LogP contribution < -0.4 is 5.32 Å². The average molecular weight is 397 g/mol. The van der Waals surface area contributed by atoms with Gasteiger partial charge in [0, 0.05) is 11.1 Å². The molecule has 0 aromatic heterocycles. The molecule has 0 spiro atoms. The summed E-state index contributed by atoms with van der Waals surface area (Å²) in [6.07, 6.45) is -5.21. The second-order valence-corrected chi connectivity index (χ2v) is 7.60. The zero-order valence-electron chi connectivity index (χ0n) is 14.0. The molecule has 0 saturated carbocycles. The van der Waals surface area contributed by atoms with Gasteiger partial charge in [-0.05, 0) is 30.2 Å². The highest BCUT2D eigenvalue weighted by molar-refractivity contribution is 7.90. The Labute approximate surface area is 155 Å². The largest absolute Gasteiger partial charge is 0.611 e. The number of aliphatic hydroxyl groups is 1. The number of benzene rings is 2. The van der Waals surface area contributed by atoms with Crippen molar-refractivity contribution in [2.45, 2.75) is 29.3 Å². The molecule has 2 aromatic rings. The molecular weight excluding hydrogens is 383 g/mol. The van der Waals surface area contributed by atoms with E-state index in [2.05, 4.69) is 0 Å². The summed E-state index contributed by atoms with van der Waals surface area (Å²) in [6.45, 7) is 0.319. The maximum Gasteiger partial charge on any atom is 0.426 e. The minimum absolute atomic E-state index is 0.0621. The molecule has 0 bridgehead atoms. The van der Waals surface area contributed by atoms with E-state index in [-0.39, 0.29) is 27.5 Å². The number of hydrogen-bond donors (Lipinski definition) is 2. The lowest BCUT2D eigenvalue weighted by Crippen LogP contribution is -2.52. The van der Waals surface area contributed by atoms with E-state index in [0.717, 1.165) is 0 Å². The molecule has 2 unspecified atom stereocenters. The van der Waals surface area contributed by atoms with E-state index in [1.54, 1.807) is 18.2 Å². The highest BCUT2D eigenvalue weighted by Crippen LogP contribution is 2.35. The number of rotatable bonds is 2. The van der Waals surface area contributed by atoms with Crippen molar-refractivity contribution in [1.29, 1.82) is 0 Å². The Kier molecular flexibility index (Phi) is 4.79. The fourth-order valence-electron chi connectivity index (χ4n) is 2.65. The third kappa shape index (κ3) is 3.33. The second kappa shape index (κ2) is 6.66. The predicted octanol–water partition coefficient (Wildman–Crippen LogP) is 2.79. The molecule has 0 radical (unpaired) electrons. The SMILES string of the molecule is CC(O)(C(=O)Nc1cccc2c1C(=O)c1ccccc1C[S+]2[O-])C(F)(F)F. The molecule has 2 N–H and O–H groups in total. The average Bonchev–Trinajstić information content (AvgIpc) is 2.70. The van der Waals surface area contributed by atoms with E-state index in [9.17, 15) is 32.4 Å². The lowest BCUT2D eigenvalue weighted by atomic mass is 9.97. The number of ketones is 1. The van der Waals surface area contributed by atoms with Crippen molar-refractivity contribution in [3.63, 3.8) is 0 Å². The number of amides is 1. The van der Waals surface area contributed by atoms with E-state index in [4.69, 9.17) is 0 Å². The number of carbonyl (C=O) groups excluding carboxylic acids is 2.